The van der Waals surface area contributed by atoms with Crippen molar-refractivity contribution in [3.8, 4) is 5.75 Å². The summed E-state index contributed by atoms with van der Waals surface area (Å²) in [6.45, 7) is 3.93. The van der Waals surface area contributed by atoms with Gasteiger partial charge in [0, 0.05) is 11.7 Å². The van der Waals surface area contributed by atoms with Gasteiger partial charge in [0.15, 0.2) is 0 Å². The summed E-state index contributed by atoms with van der Waals surface area (Å²) in [4.78, 5) is 12.6. The van der Waals surface area contributed by atoms with Crippen LogP contribution in [0.3, 0.4) is 0 Å². The molecule has 1 aromatic carbocycles. The van der Waals surface area contributed by atoms with E-state index in [0.717, 1.165) is 11.4 Å². The highest BCUT2D eigenvalue weighted by Crippen LogP contribution is 2.20. The van der Waals surface area contributed by atoms with E-state index in [4.69, 9.17) is 9.84 Å². The summed E-state index contributed by atoms with van der Waals surface area (Å²) in [5.74, 6) is -0.0627. The molecule has 0 radical (unpaired) electrons. The molecule has 0 saturated heterocycles. The highest BCUT2D eigenvalue weighted by molar-refractivity contribution is 5.74. The first-order valence-electron chi connectivity index (χ1n) is 5.17. The zero-order valence-corrected chi connectivity index (χ0v) is 9.80. The van der Waals surface area contributed by atoms with Gasteiger partial charge in [0.25, 0.3) is 0 Å². The SMILES string of the molecule is COc1ccc(N(CC(=O)O)C(C)C)cc1. The highest BCUT2D eigenvalue weighted by atomic mass is 16.5. The van der Waals surface area contributed by atoms with Crippen LogP contribution in [0.5, 0.6) is 5.75 Å². The lowest BCUT2D eigenvalue weighted by Gasteiger charge is -2.27. The molecule has 4 nitrogen and oxygen atoms in total. The Morgan fingerprint density at radius 2 is 1.94 bits per heavy atom. The molecule has 0 unspecified atom stereocenters. The van der Waals surface area contributed by atoms with Crippen molar-refractivity contribution in [2.75, 3.05) is 18.6 Å². The van der Waals surface area contributed by atoms with E-state index < -0.39 is 5.97 Å². The molecule has 0 saturated carbocycles. The number of rotatable bonds is 5. The minimum absolute atomic E-state index is 0.00396. The Labute approximate surface area is 95.5 Å². The standard InChI is InChI=1S/C12H17NO3/c1-9(2)13(8-12(14)15)10-4-6-11(16-3)7-5-10/h4-7,9H,8H2,1-3H3,(H,14,15). The van der Waals surface area contributed by atoms with Crippen LogP contribution in [-0.4, -0.2) is 30.8 Å². The van der Waals surface area contributed by atoms with Gasteiger partial charge in [-0.25, -0.2) is 0 Å². The normalized spacial score (nSPS) is 10.2. The first kappa shape index (κ1) is 12.4. The monoisotopic (exact) mass is 223 g/mol. The molecule has 0 aromatic heterocycles. The zero-order chi connectivity index (χ0) is 12.1. The van der Waals surface area contributed by atoms with Crippen LogP contribution in [0.25, 0.3) is 0 Å². The molecule has 0 amide bonds. The van der Waals surface area contributed by atoms with Crippen LogP contribution in [-0.2, 0) is 4.79 Å². The van der Waals surface area contributed by atoms with E-state index in [1.165, 1.54) is 0 Å². The maximum atomic E-state index is 10.7. The fraction of sp³-hybridized carbons (Fsp3) is 0.417. The molecule has 1 N–H and O–H groups in total. The van der Waals surface area contributed by atoms with Crippen molar-refractivity contribution in [1.82, 2.24) is 0 Å². The molecule has 0 spiro atoms. The number of hydrogen-bond acceptors (Lipinski definition) is 3. The number of methoxy groups -OCH3 is 1. The Balaban J connectivity index is 2.88. The lowest BCUT2D eigenvalue weighted by atomic mass is 10.2. The lowest BCUT2D eigenvalue weighted by molar-refractivity contribution is -0.135. The smallest absolute Gasteiger partial charge is 0.323 e. The molecular weight excluding hydrogens is 206 g/mol. The summed E-state index contributed by atoms with van der Waals surface area (Å²) in [5, 5.41) is 8.83. The number of ether oxygens (including phenoxy) is 1. The van der Waals surface area contributed by atoms with Crippen molar-refractivity contribution in [3.05, 3.63) is 24.3 Å². The molecular formula is C12H17NO3. The van der Waals surface area contributed by atoms with Crippen LogP contribution in [0.4, 0.5) is 5.69 Å². The lowest BCUT2D eigenvalue weighted by Crippen LogP contribution is -2.35. The molecule has 0 bridgehead atoms. The largest absolute Gasteiger partial charge is 0.497 e. The van der Waals surface area contributed by atoms with Crippen LogP contribution >= 0.6 is 0 Å². The van der Waals surface area contributed by atoms with Gasteiger partial charge in [-0.3, -0.25) is 4.79 Å². The third-order valence-corrected chi connectivity index (χ3v) is 2.33. The number of hydrogen-bond donors (Lipinski definition) is 1. The maximum Gasteiger partial charge on any atom is 0.323 e. The molecule has 0 aliphatic rings. The number of aliphatic carboxylic acids is 1. The molecule has 1 aromatic rings. The minimum atomic E-state index is -0.829. The molecule has 0 aliphatic carbocycles. The highest BCUT2D eigenvalue weighted by Gasteiger charge is 2.13. The molecule has 0 atom stereocenters. The fourth-order valence-corrected chi connectivity index (χ4v) is 1.49. The van der Waals surface area contributed by atoms with Crippen LogP contribution in [0.1, 0.15) is 13.8 Å². The van der Waals surface area contributed by atoms with Gasteiger partial charge < -0.3 is 14.7 Å². The van der Waals surface area contributed by atoms with E-state index in [-0.39, 0.29) is 12.6 Å². The van der Waals surface area contributed by atoms with Gasteiger partial charge in [-0.15, -0.1) is 0 Å². The number of anilines is 1. The van der Waals surface area contributed by atoms with Gasteiger partial charge in [-0.1, -0.05) is 0 Å². The predicted molar refractivity (Wildman–Crippen MR) is 63.1 cm³/mol. The summed E-state index contributed by atoms with van der Waals surface area (Å²) in [5.41, 5.74) is 0.887. The van der Waals surface area contributed by atoms with Gasteiger partial charge in [-0.2, -0.15) is 0 Å². The summed E-state index contributed by atoms with van der Waals surface area (Å²) in [6.07, 6.45) is 0. The van der Waals surface area contributed by atoms with Gasteiger partial charge in [0.2, 0.25) is 0 Å². The second kappa shape index (κ2) is 5.39. The third-order valence-electron chi connectivity index (χ3n) is 2.33. The van der Waals surface area contributed by atoms with Gasteiger partial charge in [0.1, 0.15) is 12.3 Å². The number of carboxylic acids is 1. The van der Waals surface area contributed by atoms with Gasteiger partial charge in [-0.05, 0) is 38.1 Å². The van der Waals surface area contributed by atoms with Crippen molar-refractivity contribution in [2.45, 2.75) is 19.9 Å². The van der Waals surface area contributed by atoms with Crippen molar-refractivity contribution >= 4 is 11.7 Å². The van der Waals surface area contributed by atoms with Crippen molar-refractivity contribution in [3.63, 3.8) is 0 Å². The Morgan fingerprint density at radius 3 is 2.31 bits per heavy atom. The topological polar surface area (TPSA) is 49.8 Å². The number of carboxylic acid groups (broad SMARTS) is 1. The summed E-state index contributed by atoms with van der Waals surface area (Å²) in [6, 6.07) is 7.52. The average molecular weight is 223 g/mol. The minimum Gasteiger partial charge on any atom is -0.497 e. The van der Waals surface area contributed by atoms with Crippen LogP contribution in [0.2, 0.25) is 0 Å². The van der Waals surface area contributed by atoms with E-state index in [1.807, 2.05) is 43.0 Å². The number of benzene rings is 1. The Bertz CT molecular complexity index is 346. The number of nitrogens with zero attached hydrogens (tertiary/aromatic N) is 1. The van der Waals surface area contributed by atoms with Crippen LogP contribution in [0, 0.1) is 0 Å². The molecule has 4 heteroatoms. The molecule has 0 heterocycles. The van der Waals surface area contributed by atoms with Crippen molar-refractivity contribution in [1.29, 1.82) is 0 Å². The van der Waals surface area contributed by atoms with Crippen molar-refractivity contribution < 1.29 is 14.6 Å². The first-order valence-corrected chi connectivity index (χ1v) is 5.17. The van der Waals surface area contributed by atoms with Crippen molar-refractivity contribution in [2.24, 2.45) is 0 Å². The predicted octanol–water partition coefficient (Wildman–Crippen LogP) is 1.99. The Morgan fingerprint density at radius 1 is 1.38 bits per heavy atom. The molecule has 0 fully saturated rings. The fourth-order valence-electron chi connectivity index (χ4n) is 1.49. The molecule has 88 valence electrons. The molecule has 16 heavy (non-hydrogen) atoms. The summed E-state index contributed by atoms with van der Waals surface area (Å²) >= 11 is 0. The van der Waals surface area contributed by atoms with E-state index >= 15 is 0 Å². The van der Waals surface area contributed by atoms with E-state index in [1.54, 1.807) is 7.11 Å². The van der Waals surface area contributed by atoms with Gasteiger partial charge >= 0.3 is 5.97 Å². The van der Waals surface area contributed by atoms with Crippen LogP contribution in [0.15, 0.2) is 24.3 Å². The van der Waals surface area contributed by atoms with Crippen LogP contribution < -0.4 is 9.64 Å². The second-order valence-corrected chi connectivity index (χ2v) is 3.81. The first-order chi connectivity index (χ1) is 7.54. The summed E-state index contributed by atoms with van der Waals surface area (Å²) in [7, 11) is 1.60. The van der Waals surface area contributed by atoms with E-state index in [9.17, 15) is 4.79 Å². The number of carbonyl (C=O) groups is 1. The Hall–Kier alpha value is -1.71. The third kappa shape index (κ3) is 3.15. The Kier molecular flexibility index (Phi) is 4.17. The molecule has 1 rings (SSSR count). The van der Waals surface area contributed by atoms with E-state index in [2.05, 4.69) is 0 Å². The quantitative estimate of drug-likeness (QED) is 0.829. The average Bonchev–Trinajstić information content (AvgIpc) is 2.25. The maximum absolute atomic E-state index is 10.7. The zero-order valence-electron chi connectivity index (χ0n) is 9.80. The van der Waals surface area contributed by atoms with Gasteiger partial charge in [0.05, 0.1) is 7.11 Å². The second-order valence-electron chi connectivity index (χ2n) is 3.81. The molecule has 0 aliphatic heterocycles. The summed E-state index contributed by atoms with van der Waals surface area (Å²) < 4.78 is 5.06. The van der Waals surface area contributed by atoms with E-state index in [0.29, 0.717) is 0 Å².